The predicted molar refractivity (Wildman–Crippen MR) is 400 cm³/mol. The molecule has 25 heteroatoms. The second kappa shape index (κ2) is 38.6. The van der Waals surface area contributed by atoms with Crippen molar-refractivity contribution in [2.45, 2.75) is 125 Å². The summed E-state index contributed by atoms with van der Waals surface area (Å²) in [7, 11) is 1.51. The number of oxime groups is 1. The van der Waals surface area contributed by atoms with Gasteiger partial charge < -0.3 is 44.1 Å². The number of alkyl halides is 2. The number of rotatable bonds is 37. The Kier molecular flexibility index (Phi) is 29.4. The number of hydrogen-bond donors (Lipinski definition) is 3. The molecule has 2 amide bonds. The first kappa shape index (κ1) is 77.6. The number of hydrogen-bond acceptors (Lipinski definition) is 19. The molecule has 0 radical (unpaired) electrons. The van der Waals surface area contributed by atoms with Gasteiger partial charge in [0.2, 0.25) is 6.43 Å². The van der Waals surface area contributed by atoms with Gasteiger partial charge in [0, 0.05) is 16.9 Å². The van der Waals surface area contributed by atoms with Crippen molar-refractivity contribution < 1.29 is 61.4 Å². The van der Waals surface area contributed by atoms with E-state index in [1.54, 1.807) is 84.9 Å². The molecular formula is C77H85F2N7O11S5. The number of carboxylic acids is 1. The lowest BCUT2D eigenvalue weighted by Gasteiger charge is -2.49. The number of carboxylic acid groups (broad SMARTS) is 1. The average molecular weight is 1480 g/mol. The van der Waals surface area contributed by atoms with Crippen LogP contribution in [0, 0.1) is 0 Å². The van der Waals surface area contributed by atoms with Gasteiger partial charge in [-0.1, -0.05) is 246 Å². The Labute approximate surface area is 614 Å². The number of ether oxygens (including phenoxy) is 3. The van der Waals surface area contributed by atoms with E-state index < -0.39 is 87.2 Å². The number of fused-ring (bicyclic) bond motifs is 1. The number of anilines is 1. The van der Waals surface area contributed by atoms with Gasteiger partial charge >= 0.3 is 11.9 Å². The van der Waals surface area contributed by atoms with Crippen molar-refractivity contribution in [3.05, 3.63) is 248 Å². The highest BCUT2D eigenvalue weighted by molar-refractivity contribution is 8.02. The van der Waals surface area contributed by atoms with Crippen LogP contribution >= 0.6 is 58.2 Å². The number of quaternary nitrogens is 1. The van der Waals surface area contributed by atoms with E-state index in [1.807, 2.05) is 91.0 Å². The molecule has 1 fully saturated rings. The molecule has 8 aromatic rings. The van der Waals surface area contributed by atoms with Crippen LogP contribution < -0.4 is 26.0 Å². The number of nitrogens with zero attached hydrogens (tertiary/aromatic N) is 4. The molecule has 10 rings (SSSR count). The smallest absolute Gasteiger partial charge is 0.362 e. The van der Waals surface area contributed by atoms with Crippen molar-refractivity contribution in [2.75, 3.05) is 55.9 Å². The second-order valence-electron chi connectivity index (χ2n) is 24.4. The second-order valence-corrected chi connectivity index (χ2v) is 29.5. The topological polar surface area (TPSA) is 231 Å². The number of aromatic nitrogens is 2. The summed E-state index contributed by atoms with van der Waals surface area (Å²) in [5.74, 6) is -5.75. The van der Waals surface area contributed by atoms with Gasteiger partial charge in [0.1, 0.15) is 40.7 Å². The molecule has 4 heterocycles. The standard InChI is InChI=1S/C61H50F2N6O11S5.C16H36N/c1-77-43-29-27-36(28-30-43)31-78-56(75)49-39(33-83-59-46(55(73)74)51(70)68-85-59)32-81-54-48(53(72)69(49)54)65-52(71)47(67-80-58(82-35-45(62)63)57(76)79-50(37-17-7-2-8-18-37)38-19-9-3-10-20-38)44-34-84-60(64-44)66-61(40-21-11-4-12-22-40,41-23-13-5-14-24-41)42-25-15-6-16-26-42;1-5-9-13-17(14-10-6-2,15-11-7-3)16-12-8-4/h2-30,34,45,48,50,54,58H,31-33,35H2,1H3,(H,64,66)(H,65,71)(H,68,70)(H,73,74);5-16H2,1-4H3/q;+1/p-1/b67-47-;. The lowest BCUT2D eigenvalue weighted by Crippen LogP contribution is -2.71. The number of carbonyl (C=O) groups is 5. The Morgan fingerprint density at radius 3 is 1.75 bits per heavy atom. The quantitative estimate of drug-likeness (QED) is 0.00480. The molecule has 18 nitrogen and oxygen atoms in total. The lowest BCUT2D eigenvalue weighted by atomic mass is 9.77. The third-order valence-electron chi connectivity index (χ3n) is 17.4. The summed E-state index contributed by atoms with van der Waals surface area (Å²) in [5.41, 5.74) is -0.575. The van der Waals surface area contributed by atoms with Gasteiger partial charge in [-0.3, -0.25) is 23.7 Å². The number of aromatic amines is 1. The maximum absolute atomic E-state index is 15.1. The van der Waals surface area contributed by atoms with Crippen molar-refractivity contribution in [1.82, 2.24) is 19.6 Å². The number of thiazole rings is 1. The highest BCUT2D eigenvalue weighted by Gasteiger charge is 2.55. The van der Waals surface area contributed by atoms with Crippen LogP contribution in [-0.2, 0) is 45.6 Å². The normalized spacial score (nSPS) is 14.8. The number of unbranched alkanes of at least 4 members (excludes halogenated alkanes) is 4. The van der Waals surface area contributed by atoms with E-state index in [0.29, 0.717) is 39.8 Å². The van der Waals surface area contributed by atoms with Crippen LogP contribution in [0.1, 0.15) is 135 Å². The minimum absolute atomic E-state index is 0.0549. The molecule has 2 aliphatic heterocycles. The fourth-order valence-corrected chi connectivity index (χ4v) is 16.8. The lowest BCUT2D eigenvalue weighted by molar-refractivity contribution is -0.929. The highest BCUT2D eigenvalue weighted by Crippen LogP contribution is 2.44. The van der Waals surface area contributed by atoms with E-state index in [9.17, 15) is 37.9 Å². The Bertz CT molecular complexity index is 3960. The zero-order chi connectivity index (χ0) is 72.4. The van der Waals surface area contributed by atoms with Gasteiger partial charge in [-0.2, -0.15) is 0 Å². The largest absolute Gasteiger partial charge is 0.545 e. The summed E-state index contributed by atoms with van der Waals surface area (Å²) in [4.78, 5) is 94.4. The van der Waals surface area contributed by atoms with Crippen LogP contribution in [0.2, 0.25) is 0 Å². The van der Waals surface area contributed by atoms with Gasteiger partial charge in [-0.25, -0.2) is 23.4 Å². The summed E-state index contributed by atoms with van der Waals surface area (Å²) in [5, 5.41) is 23.4. The zero-order valence-electron chi connectivity index (χ0n) is 57.6. The van der Waals surface area contributed by atoms with E-state index in [2.05, 4.69) is 47.9 Å². The molecule has 0 aliphatic carbocycles. The number of β-lactam (4-membered cyclic amide) rings is 1. The van der Waals surface area contributed by atoms with Crippen molar-refractivity contribution >= 4 is 98.7 Å². The van der Waals surface area contributed by atoms with Crippen LogP contribution in [0.3, 0.4) is 0 Å². The molecule has 3 atom stereocenters. The number of nitrogens with one attached hydrogen (secondary N) is 3. The molecule has 102 heavy (non-hydrogen) atoms. The van der Waals surface area contributed by atoms with E-state index in [4.69, 9.17) is 24.0 Å². The van der Waals surface area contributed by atoms with Crippen molar-refractivity contribution in [3.63, 3.8) is 0 Å². The SMILES string of the molecule is CCCC[N+](CCCC)(CCCC)CCCC.COc1ccc(COC(=O)C2=C(CSc3s[nH]c(=O)c3C(=O)[O-])CSC3C(NC(=O)/C(=N\OC(SCC(F)F)C(=O)OC(c4ccccc4)c4ccccc4)c4csc(NC(c5ccccc5)(c5ccccc5)c5ccccc5)n4)C(=O)N23)cc1. The van der Waals surface area contributed by atoms with E-state index in [1.165, 1.54) is 111 Å². The maximum atomic E-state index is 15.1. The van der Waals surface area contributed by atoms with Crippen molar-refractivity contribution in [1.29, 1.82) is 0 Å². The van der Waals surface area contributed by atoms with Crippen LogP contribution in [0.4, 0.5) is 13.9 Å². The first-order chi connectivity index (χ1) is 49.6. The third-order valence-corrected chi connectivity index (χ3v) is 22.7. The first-order valence-electron chi connectivity index (χ1n) is 34.1. The number of thioether (sulfide) groups is 3. The molecule has 0 spiro atoms. The summed E-state index contributed by atoms with van der Waals surface area (Å²) in [6.45, 7) is 14.8. The van der Waals surface area contributed by atoms with E-state index in [0.717, 1.165) is 51.3 Å². The zero-order valence-corrected chi connectivity index (χ0v) is 61.7. The number of carbonyl (C=O) groups excluding carboxylic acids is 5. The van der Waals surface area contributed by atoms with Gasteiger partial charge in [-0.15, -0.1) is 34.9 Å². The number of esters is 2. The predicted octanol–water partition coefficient (Wildman–Crippen LogP) is 14.2. The highest BCUT2D eigenvalue weighted by atomic mass is 32.2. The summed E-state index contributed by atoms with van der Waals surface area (Å²) in [6, 6.07) is 51.9. The van der Waals surface area contributed by atoms with Crippen LogP contribution in [0.5, 0.6) is 5.75 Å². The summed E-state index contributed by atoms with van der Waals surface area (Å²) >= 11 is 4.41. The minimum atomic E-state index is -2.90. The van der Waals surface area contributed by atoms with Crippen molar-refractivity contribution in [2.24, 2.45) is 5.16 Å². The number of amides is 2. The van der Waals surface area contributed by atoms with Crippen LogP contribution in [0.25, 0.3) is 0 Å². The molecule has 0 bridgehead atoms. The molecule has 1 saturated heterocycles. The number of halogens is 2. The number of benzene rings is 6. The monoisotopic (exact) mass is 1480 g/mol. The summed E-state index contributed by atoms with van der Waals surface area (Å²) in [6.07, 6.45) is 7.15. The average Bonchev–Trinajstić information content (AvgIpc) is 0.937. The fraction of sp³-hybridized carbons (Fsp3) is 0.351. The van der Waals surface area contributed by atoms with Crippen LogP contribution in [0.15, 0.2) is 207 Å². The van der Waals surface area contributed by atoms with Gasteiger partial charge in [0.15, 0.2) is 16.9 Å². The Morgan fingerprint density at radius 2 is 1.26 bits per heavy atom. The third kappa shape index (κ3) is 20.0. The molecule has 2 aromatic heterocycles. The molecular weight excluding hydrogens is 1400 g/mol. The van der Waals surface area contributed by atoms with Gasteiger partial charge in [0.25, 0.3) is 22.8 Å². The van der Waals surface area contributed by atoms with E-state index >= 15 is 4.79 Å². The van der Waals surface area contributed by atoms with E-state index in [-0.39, 0.29) is 38.8 Å². The minimum Gasteiger partial charge on any atom is -0.545 e. The molecule has 0 saturated carbocycles. The maximum Gasteiger partial charge on any atom is 0.362 e. The Balaban J connectivity index is 0.000000629. The van der Waals surface area contributed by atoms with Crippen LogP contribution in [-0.4, -0.2) is 128 Å². The molecule has 2 aliphatic rings. The Hall–Kier alpha value is -8.59. The molecule has 3 unspecified atom stereocenters. The Morgan fingerprint density at radius 1 is 0.745 bits per heavy atom. The summed E-state index contributed by atoms with van der Waals surface area (Å²) < 4.78 is 49.1. The number of H-pyrrole nitrogens is 1. The molecule has 6 aromatic carbocycles. The molecule has 3 N–H and O–H groups in total. The number of methoxy groups -OCH3 is 1. The molecule has 538 valence electrons. The van der Waals surface area contributed by atoms with Gasteiger partial charge in [0.05, 0.1) is 54.8 Å². The van der Waals surface area contributed by atoms with Crippen molar-refractivity contribution in [3.8, 4) is 5.75 Å². The van der Waals surface area contributed by atoms with Gasteiger partial charge in [-0.05, 0) is 76.8 Å². The number of aromatic carboxylic acids is 1. The first-order valence-corrected chi connectivity index (χ1v) is 38.9. The fourth-order valence-electron chi connectivity index (χ4n) is 12.0.